The first-order valence-corrected chi connectivity index (χ1v) is 7.74. The molecule has 0 amide bonds. The second-order valence-corrected chi connectivity index (χ2v) is 6.04. The average Bonchev–Trinajstić information content (AvgIpc) is 2.23. The highest BCUT2D eigenvalue weighted by molar-refractivity contribution is 7.84. The maximum Gasteiger partial charge on any atom is 0.0272 e. The molecule has 0 saturated heterocycles. The van der Waals surface area contributed by atoms with Crippen molar-refractivity contribution in [3.05, 3.63) is 0 Å². The molecule has 2 N–H and O–H groups in total. The maximum absolute atomic E-state index is 11.6. The minimum atomic E-state index is -0.637. The molecule has 0 aromatic rings. The van der Waals surface area contributed by atoms with Crippen molar-refractivity contribution in [3.8, 4) is 0 Å². The van der Waals surface area contributed by atoms with Gasteiger partial charge in [-0.2, -0.15) is 0 Å². The van der Waals surface area contributed by atoms with Gasteiger partial charge in [-0.15, -0.1) is 0 Å². The average molecular weight is 233 g/mol. The van der Waals surface area contributed by atoms with E-state index in [4.69, 9.17) is 5.73 Å². The van der Waals surface area contributed by atoms with E-state index in [1.807, 2.05) is 0 Å². The van der Waals surface area contributed by atoms with Crippen LogP contribution in [0.2, 0.25) is 0 Å². The first-order chi connectivity index (χ1) is 7.20. The Balaban J connectivity index is 3.24. The molecular weight excluding hydrogens is 206 g/mol. The van der Waals surface area contributed by atoms with Gasteiger partial charge in [0.2, 0.25) is 0 Å². The van der Waals surface area contributed by atoms with E-state index in [2.05, 4.69) is 13.8 Å². The molecular formula is C12H27NOS. The normalized spacial score (nSPS) is 15.1. The van der Waals surface area contributed by atoms with E-state index in [0.717, 1.165) is 17.9 Å². The molecule has 0 aromatic carbocycles. The quantitative estimate of drug-likeness (QED) is 0.590. The Morgan fingerprint density at radius 1 is 1.13 bits per heavy atom. The Morgan fingerprint density at radius 2 is 1.73 bits per heavy atom. The van der Waals surface area contributed by atoms with Gasteiger partial charge in [0.15, 0.2) is 0 Å². The fourth-order valence-electron chi connectivity index (χ4n) is 1.51. The summed E-state index contributed by atoms with van der Waals surface area (Å²) in [4.78, 5) is 0. The fraction of sp³-hybridized carbons (Fsp3) is 1.00. The van der Waals surface area contributed by atoms with E-state index in [-0.39, 0.29) is 0 Å². The van der Waals surface area contributed by atoms with Gasteiger partial charge in [0, 0.05) is 22.3 Å². The molecule has 92 valence electrons. The van der Waals surface area contributed by atoms with Crippen LogP contribution in [-0.4, -0.2) is 22.3 Å². The monoisotopic (exact) mass is 233 g/mol. The number of hydrogen-bond acceptors (Lipinski definition) is 2. The third kappa shape index (κ3) is 10.4. The summed E-state index contributed by atoms with van der Waals surface area (Å²) in [6, 6.07) is 0. The molecule has 3 heteroatoms. The van der Waals surface area contributed by atoms with Gasteiger partial charge in [-0.1, -0.05) is 46.0 Å². The summed E-state index contributed by atoms with van der Waals surface area (Å²) in [5.74, 6) is 2.06. The van der Waals surface area contributed by atoms with Crippen LogP contribution in [0.4, 0.5) is 0 Å². The van der Waals surface area contributed by atoms with E-state index in [1.165, 1.54) is 32.1 Å². The molecule has 0 aliphatic rings. The van der Waals surface area contributed by atoms with Crippen molar-refractivity contribution in [1.29, 1.82) is 0 Å². The second-order valence-electron chi connectivity index (χ2n) is 4.42. The highest BCUT2D eigenvalue weighted by atomic mass is 32.2. The Bertz CT molecular complexity index is 162. The van der Waals surface area contributed by atoms with Crippen molar-refractivity contribution in [2.45, 2.75) is 52.4 Å². The zero-order chi connectivity index (χ0) is 11.5. The van der Waals surface area contributed by atoms with Crippen molar-refractivity contribution in [1.82, 2.24) is 0 Å². The number of unbranched alkanes of at least 4 members (excludes halogenated alkanes) is 5. The lowest BCUT2D eigenvalue weighted by molar-refractivity contribution is 0.615. The van der Waals surface area contributed by atoms with Crippen LogP contribution in [0.1, 0.15) is 52.4 Å². The van der Waals surface area contributed by atoms with Crippen LogP contribution >= 0.6 is 0 Å². The summed E-state index contributed by atoms with van der Waals surface area (Å²) >= 11 is 0. The molecule has 0 radical (unpaired) electrons. The molecule has 0 heterocycles. The standard InChI is InChI=1S/C12H27NOS/c1-3-4-5-6-7-8-9-15(14)11-12(2)10-13/h12H,3-11,13H2,1-2H3. The van der Waals surface area contributed by atoms with E-state index in [9.17, 15) is 4.21 Å². The smallest absolute Gasteiger partial charge is 0.0272 e. The number of hydrogen-bond donors (Lipinski definition) is 1. The highest BCUT2D eigenvalue weighted by Crippen LogP contribution is 2.06. The lowest BCUT2D eigenvalue weighted by Gasteiger charge is -2.07. The number of nitrogens with two attached hydrogens (primary N) is 1. The van der Waals surface area contributed by atoms with Gasteiger partial charge in [0.05, 0.1) is 0 Å². The summed E-state index contributed by atoms with van der Waals surface area (Å²) in [7, 11) is -0.637. The minimum Gasteiger partial charge on any atom is -0.330 e. The van der Waals surface area contributed by atoms with E-state index in [0.29, 0.717) is 12.5 Å². The van der Waals surface area contributed by atoms with Crippen molar-refractivity contribution in [2.24, 2.45) is 11.7 Å². The Morgan fingerprint density at radius 3 is 2.33 bits per heavy atom. The van der Waals surface area contributed by atoms with Crippen molar-refractivity contribution >= 4 is 10.8 Å². The number of rotatable bonds is 10. The molecule has 0 rings (SSSR count). The predicted octanol–water partition coefficient (Wildman–Crippen LogP) is 2.69. The van der Waals surface area contributed by atoms with Crippen LogP contribution < -0.4 is 5.73 Å². The van der Waals surface area contributed by atoms with Crippen molar-refractivity contribution in [3.63, 3.8) is 0 Å². The van der Waals surface area contributed by atoms with Gasteiger partial charge < -0.3 is 5.73 Å². The molecule has 0 fully saturated rings. The Labute approximate surface area is 97.5 Å². The molecule has 15 heavy (non-hydrogen) atoms. The predicted molar refractivity (Wildman–Crippen MR) is 69.5 cm³/mol. The topological polar surface area (TPSA) is 43.1 Å². The summed E-state index contributed by atoms with van der Waals surface area (Å²) in [5.41, 5.74) is 5.50. The largest absolute Gasteiger partial charge is 0.330 e. The molecule has 0 aliphatic heterocycles. The first-order valence-electron chi connectivity index (χ1n) is 6.25. The van der Waals surface area contributed by atoms with Gasteiger partial charge in [-0.05, 0) is 18.9 Å². The van der Waals surface area contributed by atoms with Gasteiger partial charge in [-0.25, -0.2) is 0 Å². The lowest BCUT2D eigenvalue weighted by atomic mass is 10.1. The summed E-state index contributed by atoms with van der Waals surface area (Å²) in [5, 5.41) is 0. The van der Waals surface area contributed by atoms with Crippen LogP contribution in [-0.2, 0) is 10.8 Å². The van der Waals surface area contributed by atoms with Gasteiger partial charge in [0.25, 0.3) is 0 Å². The molecule has 0 saturated carbocycles. The Kier molecular flexibility index (Phi) is 10.7. The molecule has 2 nitrogen and oxygen atoms in total. The third-order valence-corrected chi connectivity index (χ3v) is 4.28. The van der Waals surface area contributed by atoms with Crippen LogP contribution in [0.5, 0.6) is 0 Å². The highest BCUT2D eigenvalue weighted by Gasteiger charge is 2.05. The zero-order valence-electron chi connectivity index (χ0n) is 10.3. The van der Waals surface area contributed by atoms with Crippen LogP contribution in [0.15, 0.2) is 0 Å². The maximum atomic E-state index is 11.6. The molecule has 2 atom stereocenters. The van der Waals surface area contributed by atoms with Crippen LogP contribution in [0.25, 0.3) is 0 Å². The lowest BCUT2D eigenvalue weighted by Crippen LogP contribution is -2.18. The van der Waals surface area contributed by atoms with Gasteiger partial charge in [0.1, 0.15) is 0 Å². The molecule has 2 unspecified atom stereocenters. The van der Waals surface area contributed by atoms with E-state index < -0.39 is 10.8 Å². The van der Waals surface area contributed by atoms with E-state index >= 15 is 0 Å². The molecule has 0 aromatic heterocycles. The van der Waals surface area contributed by atoms with Gasteiger partial charge in [-0.3, -0.25) is 4.21 Å². The minimum absolute atomic E-state index is 0.408. The van der Waals surface area contributed by atoms with Gasteiger partial charge >= 0.3 is 0 Å². The van der Waals surface area contributed by atoms with Crippen molar-refractivity contribution < 1.29 is 4.21 Å². The molecule has 0 bridgehead atoms. The van der Waals surface area contributed by atoms with Crippen LogP contribution in [0.3, 0.4) is 0 Å². The molecule has 0 aliphatic carbocycles. The first kappa shape index (κ1) is 15.1. The SMILES string of the molecule is CCCCCCCCS(=O)CC(C)CN. The summed E-state index contributed by atoms with van der Waals surface area (Å²) in [6.07, 6.45) is 7.63. The third-order valence-electron chi connectivity index (χ3n) is 2.60. The fourth-order valence-corrected chi connectivity index (χ4v) is 2.98. The second kappa shape index (κ2) is 10.6. The summed E-state index contributed by atoms with van der Waals surface area (Å²) in [6.45, 7) is 4.95. The summed E-state index contributed by atoms with van der Waals surface area (Å²) < 4.78 is 11.6. The Hall–Kier alpha value is 0.110. The van der Waals surface area contributed by atoms with Crippen LogP contribution in [0, 0.1) is 5.92 Å². The molecule has 0 spiro atoms. The zero-order valence-corrected chi connectivity index (χ0v) is 11.2. The van der Waals surface area contributed by atoms with E-state index in [1.54, 1.807) is 0 Å². The van der Waals surface area contributed by atoms with Crippen molar-refractivity contribution in [2.75, 3.05) is 18.1 Å².